The van der Waals surface area contributed by atoms with Crippen molar-refractivity contribution in [3.63, 3.8) is 0 Å². The Morgan fingerprint density at radius 1 is 0.897 bits per heavy atom. The van der Waals surface area contributed by atoms with Gasteiger partial charge in [-0.05, 0) is 62.8 Å². The molecule has 39 heavy (non-hydrogen) atoms. The van der Waals surface area contributed by atoms with Crippen molar-refractivity contribution in [2.45, 2.75) is 64.4 Å². The number of allylic oxidation sites excluding steroid dienone is 4. The van der Waals surface area contributed by atoms with Gasteiger partial charge < -0.3 is 19.1 Å². The monoisotopic (exact) mass is 533 g/mol. The molecule has 5 rings (SSSR count). The Balaban J connectivity index is 1.56. The third-order valence-corrected chi connectivity index (χ3v) is 7.76. The lowest BCUT2D eigenvalue weighted by Crippen LogP contribution is -2.39. The minimum absolute atomic E-state index is 0.0630. The Morgan fingerprint density at radius 3 is 2.23 bits per heavy atom. The minimum Gasteiger partial charge on any atom is -0.490 e. The summed E-state index contributed by atoms with van der Waals surface area (Å²) in [4.78, 5) is 29.3. The lowest BCUT2D eigenvalue weighted by atomic mass is 9.71. The lowest BCUT2D eigenvalue weighted by Gasteiger charge is -2.44. The van der Waals surface area contributed by atoms with E-state index in [1.807, 2.05) is 25.1 Å². The standard InChI is InChI=1S/C32H36FNO5/c1-3-38-29-19-21(15-16-28(29)39-20-22-9-4-5-10-23(22)33)30-31-24(11-6-13-26(31)35)34(17-8-18-37-2)25-12-7-14-27(36)32(25)30/h4-5,9-10,15-16,19,30H,3,6-8,11-14,17-18,20H2,1-2H3. The highest BCUT2D eigenvalue weighted by atomic mass is 19.1. The highest BCUT2D eigenvalue weighted by Gasteiger charge is 2.43. The number of methoxy groups -OCH3 is 1. The third-order valence-electron chi connectivity index (χ3n) is 7.76. The Morgan fingerprint density at radius 2 is 1.59 bits per heavy atom. The molecule has 0 fully saturated rings. The van der Waals surface area contributed by atoms with Crippen molar-refractivity contribution in [3.8, 4) is 11.5 Å². The van der Waals surface area contributed by atoms with Crippen molar-refractivity contribution >= 4 is 11.6 Å². The molecule has 0 spiro atoms. The third kappa shape index (κ3) is 5.50. The van der Waals surface area contributed by atoms with Gasteiger partial charge in [0, 0.05) is 67.1 Å². The molecule has 3 aliphatic rings. The normalized spacial score (nSPS) is 17.9. The van der Waals surface area contributed by atoms with Crippen molar-refractivity contribution in [2.24, 2.45) is 0 Å². The first-order valence-electron chi connectivity index (χ1n) is 13.9. The summed E-state index contributed by atoms with van der Waals surface area (Å²) in [6.07, 6.45) is 5.05. The molecule has 1 heterocycles. The largest absolute Gasteiger partial charge is 0.490 e. The average molecular weight is 534 g/mol. The van der Waals surface area contributed by atoms with Gasteiger partial charge in [0.05, 0.1) is 6.61 Å². The molecule has 6 nitrogen and oxygen atoms in total. The number of Topliss-reactive ketones (excluding diaryl/α,β-unsaturated/α-hetero) is 2. The lowest BCUT2D eigenvalue weighted by molar-refractivity contribution is -0.117. The summed E-state index contributed by atoms with van der Waals surface area (Å²) in [6.45, 7) is 3.72. The number of carbonyl (C=O) groups excluding carboxylic acids is 2. The van der Waals surface area contributed by atoms with Gasteiger partial charge in [0.2, 0.25) is 0 Å². The zero-order valence-electron chi connectivity index (χ0n) is 22.8. The molecule has 7 heteroatoms. The maximum Gasteiger partial charge on any atom is 0.161 e. The summed E-state index contributed by atoms with van der Waals surface area (Å²) in [6, 6.07) is 12.1. The summed E-state index contributed by atoms with van der Waals surface area (Å²) in [7, 11) is 1.69. The van der Waals surface area contributed by atoms with Crippen LogP contribution in [0.5, 0.6) is 11.5 Å². The van der Waals surface area contributed by atoms with E-state index in [0.29, 0.717) is 43.1 Å². The van der Waals surface area contributed by atoms with Crippen molar-refractivity contribution < 1.29 is 28.2 Å². The SMILES string of the molecule is CCOc1cc(C2C3=C(CCCC3=O)N(CCCOC)C3=C2C(=O)CCC3)ccc1OCc1ccccc1F. The molecular formula is C32H36FNO5. The number of benzene rings is 2. The summed E-state index contributed by atoms with van der Waals surface area (Å²) < 4.78 is 31.4. The second kappa shape index (κ2) is 12.2. The van der Waals surface area contributed by atoms with Gasteiger partial charge in [0.25, 0.3) is 0 Å². The van der Waals surface area contributed by atoms with E-state index < -0.39 is 5.92 Å². The summed E-state index contributed by atoms with van der Waals surface area (Å²) in [5, 5.41) is 0. The van der Waals surface area contributed by atoms with Gasteiger partial charge in [-0.3, -0.25) is 9.59 Å². The van der Waals surface area contributed by atoms with Gasteiger partial charge in [-0.15, -0.1) is 0 Å². The molecule has 0 bridgehead atoms. The van der Waals surface area contributed by atoms with E-state index >= 15 is 0 Å². The van der Waals surface area contributed by atoms with E-state index in [1.54, 1.807) is 25.3 Å². The molecule has 0 radical (unpaired) electrons. The second-order valence-corrected chi connectivity index (χ2v) is 10.2. The van der Waals surface area contributed by atoms with Crippen LogP contribution < -0.4 is 9.47 Å². The van der Waals surface area contributed by atoms with Crippen LogP contribution in [-0.4, -0.2) is 43.3 Å². The molecule has 0 unspecified atom stereocenters. The second-order valence-electron chi connectivity index (χ2n) is 10.2. The van der Waals surface area contributed by atoms with Gasteiger partial charge in [0.15, 0.2) is 23.1 Å². The number of hydrogen-bond donors (Lipinski definition) is 0. The van der Waals surface area contributed by atoms with E-state index in [2.05, 4.69) is 4.90 Å². The van der Waals surface area contributed by atoms with E-state index in [4.69, 9.17) is 14.2 Å². The van der Waals surface area contributed by atoms with Gasteiger partial charge in [-0.25, -0.2) is 4.39 Å². The van der Waals surface area contributed by atoms with Crippen LogP contribution in [0.2, 0.25) is 0 Å². The van der Waals surface area contributed by atoms with E-state index in [0.717, 1.165) is 66.8 Å². The van der Waals surface area contributed by atoms with Crippen LogP contribution in [0.15, 0.2) is 65.0 Å². The zero-order chi connectivity index (χ0) is 27.4. The highest BCUT2D eigenvalue weighted by molar-refractivity contribution is 6.06. The van der Waals surface area contributed by atoms with Gasteiger partial charge in [0.1, 0.15) is 12.4 Å². The van der Waals surface area contributed by atoms with Crippen LogP contribution in [0, 0.1) is 5.82 Å². The molecule has 0 N–H and O–H groups in total. The van der Waals surface area contributed by atoms with Gasteiger partial charge in [-0.1, -0.05) is 24.3 Å². The van der Waals surface area contributed by atoms with Crippen LogP contribution >= 0.6 is 0 Å². The number of carbonyl (C=O) groups is 2. The van der Waals surface area contributed by atoms with Crippen LogP contribution in [0.4, 0.5) is 4.39 Å². The van der Waals surface area contributed by atoms with Gasteiger partial charge >= 0.3 is 0 Å². The number of ketones is 2. The molecule has 0 aromatic heterocycles. The quantitative estimate of drug-likeness (QED) is 0.336. The molecule has 0 atom stereocenters. The fourth-order valence-corrected chi connectivity index (χ4v) is 6.05. The topological polar surface area (TPSA) is 65.1 Å². The maximum atomic E-state index is 14.2. The smallest absolute Gasteiger partial charge is 0.161 e. The Bertz CT molecular complexity index is 1270. The summed E-state index contributed by atoms with van der Waals surface area (Å²) in [5.74, 6) is 0.490. The Labute approximate surface area is 229 Å². The van der Waals surface area contributed by atoms with Crippen molar-refractivity contribution in [1.82, 2.24) is 4.90 Å². The number of rotatable bonds is 10. The fourth-order valence-electron chi connectivity index (χ4n) is 6.05. The highest BCUT2D eigenvalue weighted by Crippen LogP contribution is 2.50. The Hall–Kier alpha value is -3.45. The number of nitrogens with zero attached hydrogens (tertiary/aromatic N) is 1. The summed E-state index contributed by atoms with van der Waals surface area (Å²) in [5.41, 5.74) is 4.90. The molecule has 0 saturated heterocycles. The van der Waals surface area contributed by atoms with Crippen molar-refractivity contribution in [1.29, 1.82) is 0 Å². The predicted octanol–water partition coefficient (Wildman–Crippen LogP) is 6.25. The number of ether oxygens (including phenoxy) is 3. The first-order valence-corrected chi connectivity index (χ1v) is 13.9. The molecule has 2 aliphatic carbocycles. The van der Waals surface area contributed by atoms with Gasteiger partial charge in [-0.2, -0.15) is 0 Å². The average Bonchev–Trinajstić information content (AvgIpc) is 2.94. The van der Waals surface area contributed by atoms with Crippen LogP contribution in [-0.2, 0) is 20.9 Å². The van der Waals surface area contributed by atoms with Crippen LogP contribution in [0.3, 0.4) is 0 Å². The zero-order valence-corrected chi connectivity index (χ0v) is 22.8. The van der Waals surface area contributed by atoms with E-state index in [9.17, 15) is 14.0 Å². The molecule has 2 aromatic rings. The molecular weight excluding hydrogens is 497 g/mol. The fraction of sp³-hybridized carbons (Fsp3) is 0.438. The van der Waals surface area contributed by atoms with E-state index in [-0.39, 0.29) is 24.0 Å². The maximum absolute atomic E-state index is 14.2. The Kier molecular flexibility index (Phi) is 8.46. The molecule has 0 saturated carbocycles. The molecule has 1 aliphatic heterocycles. The number of hydrogen-bond acceptors (Lipinski definition) is 6. The van der Waals surface area contributed by atoms with Crippen LogP contribution in [0.25, 0.3) is 0 Å². The van der Waals surface area contributed by atoms with Crippen molar-refractivity contribution in [2.75, 3.05) is 26.9 Å². The minimum atomic E-state index is -0.422. The van der Waals surface area contributed by atoms with Crippen molar-refractivity contribution in [3.05, 3.63) is 81.9 Å². The molecule has 2 aromatic carbocycles. The summed E-state index contributed by atoms with van der Waals surface area (Å²) >= 11 is 0. The predicted molar refractivity (Wildman–Crippen MR) is 146 cm³/mol. The molecule has 206 valence electrons. The van der Waals surface area contributed by atoms with E-state index in [1.165, 1.54) is 6.07 Å². The first kappa shape index (κ1) is 27.1. The molecule has 0 amide bonds. The first-order chi connectivity index (χ1) is 19.0. The number of halogens is 1. The van der Waals surface area contributed by atoms with Crippen LogP contribution in [0.1, 0.15) is 68.9 Å².